The van der Waals surface area contributed by atoms with Gasteiger partial charge < -0.3 is 15.2 Å². The van der Waals surface area contributed by atoms with Crippen molar-refractivity contribution in [2.24, 2.45) is 0 Å². The Morgan fingerprint density at radius 3 is 2.88 bits per heavy atom. The molecule has 1 rings (SSSR count). The third-order valence-electron chi connectivity index (χ3n) is 3.52. The second-order valence-corrected chi connectivity index (χ2v) is 5.99. The predicted octanol–water partition coefficient (Wildman–Crippen LogP) is 2.04. The lowest BCUT2D eigenvalue weighted by Crippen LogP contribution is -2.47. The third kappa shape index (κ3) is 5.16. The van der Waals surface area contributed by atoms with Crippen molar-refractivity contribution in [3.8, 4) is 0 Å². The van der Waals surface area contributed by atoms with Crippen LogP contribution in [0.1, 0.15) is 39.5 Å². The molecule has 1 aliphatic heterocycles. The third-order valence-corrected chi connectivity index (χ3v) is 4.68. The number of aliphatic hydroxyl groups excluding tert-OH is 1. The van der Waals surface area contributed by atoms with Crippen molar-refractivity contribution in [2.75, 3.05) is 19.5 Å². The van der Waals surface area contributed by atoms with Gasteiger partial charge in [0.2, 0.25) is 0 Å². The van der Waals surface area contributed by atoms with E-state index < -0.39 is 0 Å². The maximum atomic E-state index is 9.28. The fourth-order valence-electron chi connectivity index (χ4n) is 2.47. The van der Waals surface area contributed by atoms with Crippen LogP contribution in [0.5, 0.6) is 0 Å². The molecule has 17 heavy (non-hydrogen) atoms. The number of hydrogen-bond acceptors (Lipinski definition) is 4. The highest BCUT2D eigenvalue weighted by atomic mass is 32.2. The highest BCUT2D eigenvalue weighted by Gasteiger charge is 2.25. The highest BCUT2D eigenvalue weighted by Crippen LogP contribution is 2.20. The number of thioether (sulfide) groups is 1. The molecule has 102 valence electrons. The maximum Gasteiger partial charge on any atom is 0.0589 e. The Kier molecular flexibility index (Phi) is 7.51. The molecule has 1 fully saturated rings. The lowest BCUT2D eigenvalue weighted by atomic mass is 9.99. The summed E-state index contributed by atoms with van der Waals surface area (Å²) in [5, 5.41) is 13.2. The first kappa shape index (κ1) is 15.3. The summed E-state index contributed by atoms with van der Waals surface area (Å²) >= 11 is 1.73. The standard InChI is InChI=1S/C13H27NO2S/c1-4-5-12-8-11(6-7-16-12)14-10(2)13(9-15)17-3/h10-15H,4-9H2,1-3H3. The van der Waals surface area contributed by atoms with Crippen molar-refractivity contribution in [1.82, 2.24) is 5.32 Å². The van der Waals surface area contributed by atoms with Gasteiger partial charge in [0.15, 0.2) is 0 Å². The second-order valence-electron chi connectivity index (χ2n) is 4.91. The van der Waals surface area contributed by atoms with Crippen molar-refractivity contribution in [2.45, 2.75) is 63.0 Å². The van der Waals surface area contributed by atoms with E-state index >= 15 is 0 Å². The molecule has 0 amide bonds. The fraction of sp³-hybridized carbons (Fsp3) is 1.00. The summed E-state index contributed by atoms with van der Waals surface area (Å²) in [4.78, 5) is 0. The average molecular weight is 261 g/mol. The lowest BCUT2D eigenvalue weighted by molar-refractivity contribution is -0.00491. The molecule has 3 nitrogen and oxygen atoms in total. The van der Waals surface area contributed by atoms with E-state index in [1.807, 2.05) is 0 Å². The summed E-state index contributed by atoms with van der Waals surface area (Å²) in [6.07, 6.45) is 7.06. The summed E-state index contributed by atoms with van der Waals surface area (Å²) < 4.78 is 5.75. The SMILES string of the molecule is CCCC1CC(NC(C)C(CO)SC)CCO1. The molecule has 0 spiro atoms. The van der Waals surface area contributed by atoms with Crippen LogP contribution < -0.4 is 5.32 Å². The van der Waals surface area contributed by atoms with E-state index in [4.69, 9.17) is 4.74 Å². The Bertz CT molecular complexity index is 198. The van der Waals surface area contributed by atoms with Gasteiger partial charge in [-0.25, -0.2) is 0 Å². The van der Waals surface area contributed by atoms with Crippen LogP contribution in [-0.2, 0) is 4.74 Å². The van der Waals surface area contributed by atoms with Gasteiger partial charge in [0, 0.05) is 23.9 Å². The number of hydrogen-bond donors (Lipinski definition) is 2. The van der Waals surface area contributed by atoms with Gasteiger partial charge in [0.25, 0.3) is 0 Å². The molecule has 1 heterocycles. The number of ether oxygens (including phenoxy) is 1. The van der Waals surface area contributed by atoms with Crippen LogP contribution in [0.4, 0.5) is 0 Å². The van der Waals surface area contributed by atoms with E-state index in [1.165, 1.54) is 12.8 Å². The molecule has 4 heteroatoms. The molecule has 4 unspecified atom stereocenters. The minimum atomic E-state index is 0.247. The smallest absolute Gasteiger partial charge is 0.0589 e. The minimum absolute atomic E-state index is 0.247. The van der Waals surface area contributed by atoms with E-state index in [2.05, 4.69) is 25.4 Å². The first-order valence-corrected chi connectivity index (χ1v) is 8.01. The van der Waals surface area contributed by atoms with Crippen LogP contribution in [0.15, 0.2) is 0 Å². The lowest BCUT2D eigenvalue weighted by Gasteiger charge is -2.33. The summed E-state index contributed by atoms with van der Waals surface area (Å²) in [6, 6.07) is 0.914. The van der Waals surface area contributed by atoms with E-state index in [0.717, 1.165) is 19.4 Å². The van der Waals surface area contributed by atoms with Crippen LogP contribution in [0.3, 0.4) is 0 Å². The summed E-state index contributed by atoms with van der Waals surface area (Å²) in [6.45, 7) is 5.50. The van der Waals surface area contributed by atoms with Crippen LogP contribution in [-0.4, -0.2) is 48.0 Å². The quantitative estimate of drug-likeness (QED) is 0.736. The topological polar surface area (TPSA) is 41.5 Å². The molecular weight excluding hydrogens is 234 g/mol. The van der Waals surface area contributed by atoms with Crippen molar-refractivity contribution in [3.05, 3.63) is 0 Å². The second kappa shape index (κ2) is 8.35. The molecule has 1 saturated heterocycles. The van der Waals surface area contributed by atoms with Crippen molar-refractivity contribution in [3.63, 3.8) is 0 Å². The van der Waals surface area contributed by atoms with Crippen LogP contribution in [0, 0.1) is 0 Å². The molecule has 0 saturated carbocycles. The summed E-state index contributed by atoms with van der Waals surface area (Å²) in [7, 11) is 0. The van der Waals surface area contributed by atoms with Gasteiger partial charge in [-0.1, -0.05) is 13.3 Å². The molecule has 0 aromatic heterocycles. The van der Waals surface area contributed by atoms with E-state index in [-0.39, 0.29) is 6.61 Å². The average Bonchev–Trinajstić information content (AvgIpc) is 2.31. The Morgan fingerprint density at radius 1 is 1.53 bits per heavy atom. The number of nitrogens with one attached hydrogen (secondary N) is 1. The van der Waals surface area contributed by atoms with Gasteiger partial charge in [0.05, 0.1) is 12.7 Å². The first-order chi connectivity index (χ1) is 8.21. The molecule has 1 aliphatic rings. The zero-order valence-electron chi connectivity index (χ0n) is 11.3. The minimum Gasteiger partial charge on any atom is -0.395 e. The zero-order valence-corrected chi connectivity index (χ0v) is 12.1. The monoisotopic (exact) mass is 261 g/mol. The molecule has 0 bridgehead atoms. The normalized spacial score (nSPS) is 28.9. The molecular formula is C13H27NO2S. The van der Waals surface area contributed by atoms with E-state index in [1.54, 1.807) is 11.8 Å². The zero-order chi connectivity index (χ0) is 12.7. The van der Waals surface area contributed by atoms with Crippen LogP contribution >= 0.6 is 11.8 Å². The first-order valence-electron chi connectivity index (χ1n) is 6.72. The van der Waals surface area contributed by atoms with Crippen LogP contribution in [0.2, 0.25) is 0 Å². The fourth-order valence-corrected chi connectivity index (χ4v) is 3.11. The largest absolute Gasteiger partial charge is 0.395 e. The van der Waals surface area contributed by atoms with Gasteiger partial charge >= 0.3 is 0 Å². The Morgan fingerprint density at radius 2 is 2.29 bits per heavy atom. The number of rotatable bonds is 7. The van der Waals surface area contributed by atoms with Gasteiger partial charge in [0.1, 0.15) is 0 Å². The van der Waals surface area contributed by atoms with Gasteiger partial charge in [-0.3, -0.25) is 0 Å². The van der Waals surface area contributed by atoms with Gasteiger partial charge in [-0.05, 0) is 32.4 Å². The Labute approximate surface area is 110 Å². The summed E-state index contributed by atoms with van der Waals surface area (Å²) in [5.41, 5.74) is 0. The highest BCUT2D eigenvalue weighted by molar-refractivity contribution is 7.99. The van der Waals surface area contributed by atoms with Crippen LogP contribution in [0.25, 0.3) is 0 Å². The molecule has 2 N–H and O–H groups in total. The molecule has 0 radical (unpaired) electrons. The van der Waals surface area contributed by atoms with E-state index in [9.17, 15) is 5.11 Å². The van der Waals surface area contributed by atoms with Gasteiger partial charge in [-0.15, -0.1) is 0 Å². The summed E-state index contributed by atoms with van der Waals surface area (Å²) in [5.74, 6) is 0. The predicted molar refractivity (Wildman–Crippen MR) is 74.7 cm³/mol. The molecule has 4 atom stereocenters. The Hall–Kier alpha value is 0.230. The van der Waals surface area contributed by atoms with Crippen molar-refractivity contribution >= 4 is 11.8 Å². The van der Waals surface area contributed by atoms with Gasteiger partial charge in [-0.2, -0.15) is 11.8 Å². The van der Waals surface area contributed by atoms with Crippen molar-refractivity contribution < 1.29 is 9.84 Å². The molecule has 0 aromatic rings. The van der Waals surface area contributed by atoms with Crippen molar-refractivity contribution in [1.29, 1.82) is 0 Å². The van der Waals surface area contributed by atoms with E-state index in [0.29, 0.717) is 23.4 Å². The molecule has 0 aromatic carbocycles. The maximum absolute atomic E-state index is 9.28. The molecule has 0 aliphatic carbocycles. The Balaban J connectivity index is 2.34. The number of aliphatic hydroxyl groups is 1.